The van der Waals surface area contributed by atoms with Crippen molar-refractivity contribution in [1.29, 1.82) is 0 Å². The highest BCUT2D eigenvalue weighted by Crippen LogP contribution is 2.30. The first-order valence-corrected chi connectivity index (χ1v) is 8.40. The molecule has 1 aromatic heterocycles. The molecule has 0 radical (unpaired) electrons. The Morgan fingerprint density at radius 3 is 2.91 bits per heavy atom. The van der Waals surface area contributed by atoms with Gasteiger partial charge in [0.1, 0.15) is 12.4 Å². The summed E-state index contributed by atoms with van der Waals surface area (Å²) < 4.78 is 10.7. The summed E-state index contributed by atoms with van der Waals surface area (Å²) >= 11 is 7.36. The van der Waals surface area contributed by atoms with E-state index in [0.717, 1.165) is 16.2 Å². The van der Waals surface area contributed by atoms with Crippen LogP contribution in [0.25, 0.3) is 0 Å². The molecule has 0 N–H and O–H groups in total. The average Bonchev–Trinajstić information content (AvgIpc) is 2.98. The van der Waals surface area contributed by atoms with Gasteiger partial charge in [-0.15, -0.1) is 11.3 Å². The van der Waals surface area contributed by atoms with Crippen molar-refractivity contribution in [2.24, 2.45) is 5.92 Å². The number of carbonyl (C=O) groups is 2. The fourth-order valence-corrected chi connectivity index (χ4v) is 3.41. The number of Topliss-reactive ketones (excluding diaryl/α,β-unsaturated/α-hetero) is 1. The highest BCUT2D eigenvalue weighted by Gasteiger charge is 2.28. The molecule has 23 heavy (non-hydrogen) atoms. The van der Waals surface area contributed by atoms with Crippen molar-refractivity contribution in [2.45, 2.75) is 13.3 Å². The molecule has 120 valence electrons. The lowest BCUT2D eigenvalue weighted by Gasteiger charge is -2.24. The van der Waals surface area contributed by atoms with E-state index in [1.54, 1.807) is 24.3 Å². The minimum absolute atomic E-state index is 0.184. The molecule has 0 aliphatic carbocycles. The van der Waals surface area contributed by atoms with Gasteiger partial charge >= 0.3 is 5.97 Å². The van der Waals surface area contributed by atoms with Crippen LogP contribution in [-0.4, -0.2) is 25.0 Å². The highest BCUT2D eigenvalue weighted by atomic mass is 35.5. The molecule has 0 saturated carbocycles. The van der Waals surface area contributed by atoms with Crippen molar-refractivity contribution in [1.82, 2.24) is 0 Å². The van der Waals surface area contributed by atoms with Gasteiger partial charge in [0.25, 0.3) is 0 Å². The molecule has 1 atom stereocenters. The van der Waals surface area contributed by atoms with Gasteiger partial charge in [-0.1, -0.05) is 11.6 Å². The number of esters is 1. The lowest BCUT2D eigenvalue weighted by molar-refractivity contribution is -0.148. The zero-order valence-corrected chi connectivity index (χ0v) is 14.1. The number of ketones is 1. The summed E-state index contributed by atoms with van der Waals surface area (Å²) in [4.78, 5) is 25.8. The smallest absolute Gasteiger partial charge is 0.313 e. The zero-order chi connectivity index (χ0) is 16.4. The molecular formula is C17H15ClO4S. The second-order valence-electron chi connectivity index (χ2n) is 5.41. The van der Waals surface area contributed by atoms with Crippen LogP contribution in [0.3, 0.4) is 0 Å². The van der Waals surface area contributed by atoms with Gasteiger partial charge in [0, 0.05) is 9.90 Å². The van der Waals surface area contributed by atoms with E-state index in [9.17, 15) is 9.59 Å². The van der Waals surface area contributed by atoms with Crippen LogP contribution in [0.2, 0.25) is 5.02 Å². The molecule has 1 aliphatic heterocycles. The Morgan fingerprint density at radius 2 is 2.17 bits per heavy atom. The summed E-state index contributed by atoms with van der Waals surface area (Å²) in [7, 11) is 0. The summed E-state index contributed by atoms with van der Waals surface area (Å²) in [5.41, 5.74) is 0.880. The topological polar surface area (TPSA) is 52.6 Å². The molecule has 1 aromatic carbocycles. The maximum atomic E-state index is 12.1. The van der Waals surface area contributed by atoms with Crippen LogP contribution in [0.5, 0.6) is 5.75 Å². The molecule has 1 aliphatic rings. The van der Waals surface area contributed by atoms with Crippen molar-refractivity contribution in [2.75, 3.05) is 13.2 Å². The number of hydrogen-bond donors (Lipinski definition) is 0. The fourth-order valence-electron chi connectivity index (χ4n) is 2.42. The monoisotopic (exact) mass is 350 g/mol. The molecule has 0 fully saturated rings. The van der Waals surface area contributed by atoms with Crippen LogP contribution in [0.4, 0.5) is 0 Å². The number of thiophene rings is 1. The van der Waals surface area contributed by atoms with E-state index in [2.05, 4.69) is 0 Å². The van der Waals surface area contributed by atoms with Gasteiger partial charge in [-0.2, -0.15) is 0 Å². The second kappa shape index (κ2) is 6.72. The maximum absolute atomic E-state index is 12.1. The van der Waals surface area contributed by atoms with E-state index in [0.29, 0.717) is 16.3 Å². The van der Waals surface area contributed by atoms with E-state index in [4.69, 9.17) is 21.1 Å². The zero-order valence-electron chi connectivity index (χ0n) is 12.5. The van der Waals surface area contributed by atoms with Crippen molar-refractivity contribution in [3.63, 3.8) is 0 Å². The molecular weight excluding hydrogens is 336 g/mol. The number of rotatable bonds is 4. The Balaban J connectivity index is 1.58. The minimum atomic E-state index is -0.419. The summed E-state index contributed by atoms with van der Waals surface area (Å²) in [5.74, 6) is -0.281. The third-order valence-electron chi connectivity index (χ3n) is 3.62. The van der Waals surface area contributed by atoms with Crippen molar-refractivity contribution in [3.8, 4) is 5.75 Å². The Morgan fingerprint density at radius 1 is 1.35 bits per heavy atom. The minimum Gasteiger partial charge on any atom is -0.492 e. The van der Waals surface area contributed by atoms with Crippen LogP contribution < -0.4 is 4.74 Å². The molecule has 0 amide bonds. The summed E-state index contributed by atoms with van der Waals surface area (Å²) in [6.45, 7) is 1.94. The summed E-state index contributed by atoms with van der Waals surface area (Å²) in [6.07, 6.45) is 0.501. The van der Waals surface area contributed by atoms with Crippen LogP contribution in [0.1, 0.15) is 20.1 Å². The lowest BCUT2D eigenvalue weighted by Crippen LogP contribution is -2.30. The molecule has 6 heteroatoms. The molecule has 3 rings (SSSR count). The average molecular weight is 351 g/mol. The van der Waals surface area contributed by atoms with Crippen LogP contribution >= 0.6 is 22.9 Å². The predicted octanol–water partition coefficient (Wildman–Crippen LogP) is 3.69. The maximum Gasteiger partial charge on any atom is 0.313 e. The fraction of sp³-hybridized carbons (Fsp3) is 0.294. The number of halogens is 1. The second-order valence-corrected chi connectivity index (χ2v) is 7.13. The Labute approximate surface area is 143 Å². The van der Waals surface area contributed by atoms with E-state index in [1.165, 1.54) is 11.3 Å². The van der Waals surface area contributed by atoms with Crippen LogP contribution in [0.15, 0.2) is 30.3 Å². The van der Waals surface area contributed by atoms with Crippen molar-refractivity contribution >= 4 is 34.7 Å². The predicted molar refractivity (Wildman–Crippen MR) is 88.5 cm³/mol. The van der Waals surface area contributed by atoms with Crippen LogP contribution in [0, 0.1) is 12.8 Å². The summed E-state index contributed by atoms with van der Waals surface area (Å²) in [5, 5.41) is 0.601. The van der Waals surface area contributed by atoms with Gasteiger partial charge in [0.2, 0.25) is 5.78 Å². The van der Waals surface area contributed by atoms with E-state index < -0.39 is 11.9 Å². The number of carbonyl (C=O) groups excluding carboxylic acids is 2. The van der Waals surface area contributed by atoms with Gasteiger partial charge < -0.3 is 9.47 Å². The largest absolute Gasteiger partial charge is 0.492 e. The Kier molecular flexibility index (Phi) is 4.68. The quantitative estimate of drug-likeness (QED) is 0.623. The van der Waals surface area contributed by atoms with Gasteiger partial charge in [0.15, 0.2) is 6.61 Å². The van der Waals surface area contributed by atoms with E-state index >= 15 is 0 Å². The van der Waals surface area contributed by atoms with Crippen molar-refractivity contribution in [3.05, 3.63) is 50.7 Å². The molecule has 0 saturated heterocycles. The molecule has 2 heterocycles. The number of hydrogen-bond acceptors (Lipinski definition) is 5. The van der Waals surface area contributed by atoms with Gasteiger partial charge in [-0.05, 0) is 49.2 Å². The van der Waals surface area contributed by atoms with Gasteiger partial charge in [-0.25, -0.2) is 0 Å². The first-order chi connectivity index (χ1) is 11.0. The SMILES string of the molecule is Cc1ccc(C(=O)COC(=O)[C@@H]2COc3ccc(Cl)cc3C2)s1. The lowest BCUT2D eigenvalue weighted by atomic mass is 9.97. The first-order valence-electron chi connectivity index (χ1n) is 7.20. The number of fused-ring (bicyclic) bond motifs is 1. The van der Waals surface area contributed by atoms with E-state index in [1.807, 2.05) is 13.0 Å². The normalized spacial score (nSPS) is 16.3. The summed E-state index contributed by atoms with van der Waals surface area (Å²) in [6, 6.07) is 8.95. The Bertz CT molecular complexity index is 753. The van der Waals surface area contributed by atoms with Gasteiger partial charge in [0.05, 0.1) is 10.8 Å². The molecule has 4 nitrogen and oxygen atoms in total. The Hall–Kier alpha value is -1.85. The number of ether oxygens (including phenoxy) is 2. The standard InChI is InChI=1S/C17H15ClO4S/c1-10-2-5-16(23-10)14(19)9-22-17(20)12-6-11-7-13(18)3-4-15(11)21-8-12/h2-5,7,12H,6,8-9H2,1H3/t12-/m0/s1. The number of aryl methyl sites for hydroxylation is 1. The third-order valence-corrected chi connectivity index (χ3v) is 4.90. The molecule has 0 spiro atoms. The molecule has 2 aromatic rings. The first kappa shape index (κ1) is 16.0. The molecule has 0 unspecified atom stereocenters. The highest BCUT2D eigenvalue weighted by molar-refractivity contribution is 7.14. The molecule has 0 bridgehead atoms. The van der Waals surface area contributed by atoms with E-state index in [-0.39, 0.29) is 19.0 Å². The van der Waals surface area contributed by atoms with Crippen molar-refractivity contribution < 1.29 is 19.1 Å². The number of benzene rings is 1. The van der Waals surface area contributed by atoms with Crippen LogP contribution in [-0.2, 0) is 16.0 Å². The van der Waals surface area contributed by atoms with Gasteiger partial charge in [-0.3, -0.25) is 9.59 Å². The third kappa shape index (κ3) is 3.74.